The third kappa shape index (κ3) is 5.04. The van der Waals surface area contributed by atoms with Crippen molar-refractivity contribution >= 4 is 45.1 Å². The van der Waals surface area contributed by atoms with Crippen molar-refractivity contribution in [1.29, 1.82) is 0 Å². The normalized spacial score (nSPS) is 11.1. The minimum atomic E-state index is -1.39. The highest BCUT2D eigenvalue weighted by atomic mass is 35.5. The van der Waals surface area contributed by atoms with E-state index in [9.17, 15) is 4.21 Å². The summed E-state index contributed by atoms with van der Waals surface area (Å²) in [4.78, 5) is 8.85. The number of rotatable bonds is 3. The lowest BCUT2D eigenvalue weighted by molar-refractivity contribution is 0.678. The number of fused-ring (bicyclic) bond motifs is 1. The number of halogens is 2. The molecular formula is C22H23Cl2N3OS. The Morgan fingerprint density at radius 1 is 0.897 bits per heavy atom. The van der Waals surface area contributed by atoms with Crippen molar-refractivity contribution in [3.8, 4) is 11.3 Å². The molecule has 0 amide bonds. The van der Waals surface area contributed by atoms with Gasteiger partial charge in [0.1, 0.15) is 0 Å². The van der Waals surface area contributed by atoms with Gasteiger partial charge in [-0.05, 0) is 29.8 Å². The van der Waals surface area contributed by atoms with Crippen LogP contribution in [0.3, 0.4) is 0 Å². The van der Waals surface area contributed by atoms with Crippen LogP contribution in [0.1, 0.15) is 27.7 Å². The maximum absolute atomic E-state index is 13.0. The maximum atomic E-state index is 13.0. The zero-order chi connectivity index (χ0) is 21.4. The summed E-state index contributed by atoms with van der Waals surface area (Å²) in [5.74, 6) is 0. The van der Waals surface area contributed by atoms with E-state index in [1.807, 2.05) is 82.3 Å². The second kappa shape index (κ2) is 11.1. The molecule has 2 aromatic carbocycles. The first-order chi connectivity index (χ1) is 14.1. The summed E-state index contributed by atoms with van der Waals surface area (Å²) < 4.78 is 14.8. The Hall–Kier alpha value is -2.21. The van der Waals surface area contributed by atoms with Gasteiger partial charge in [-0.2, -0.15) is 0 Å². The van der Waals surface area contributed by atoms with Crippen LogP contribution in [0.15, 0.2) is 71.9 Å². The van der Waals surface area contributed by atoms with Crippen LogP contribution < -0.4 is 0 Å². The van der Waals surface area contributed by atoms with E-state index in [1.165, 1.54) is 6.20 Å². The van der Waals surface area contributed by atoms with Crippen molar-refractivity contribution in [2.75, 3.05) is 0 Å². The molecule has 2 heterocycles. The summed E-state index contributed by atoms with van der Waals surface area (Å²) in [7, 11) is -1.39. The van der Waals surface area contributed by atoms with Crippen molar-refractivity contribution in [2.24, 2.45) is 0 Å². The van der Waals surface area contributed by atoms with Gasteiger partial charge in [-0.1, -0.05) is 75.7 Å². The van der Waals surface area contributed by atoms with Crippen LogP contribution >= 0.6 is 23.2 Å². The van der Waals surface area contributed by atoms with Crippen molar-refractivity contribution in [3.63, 3.8) is 0 Å². The Labute approximate surface area is 184 Å². The molecule has 29 heavy (non-hydrogen) atoms. The minimum absolute atomic E-state index is 0.111. The summed E-state index contributed by atoms with van der Waals surface area (Å²) in [6, 6.07) is 17.0. The highest BCUT2D eigenvalue weighted by molar-refractivity contribution is 7.83. The summed E-state index contributed by atoms with van der Waals surface area (Å²) in [6.45, 7) is 8.00. The van der Waals surface area contributed by atoms with Gasteiger partial charge in [0.05, 0.1) is 27.3 Å². The minimum Gasteiger partial charge on any atom is -0.262 e. The standard InChI is InChI=1S/C18H11Cl2N3OS.2C2H6/c19-15-10-21-18(20)22-17(15)14-11-23(16-9-5-4-8-13(14)16)25(24)12-6-2-1-3-7-12;2*1-2/h1-11H;2*1-2H3. The Morgan fingerprint density at radius 2 is 1.52 bits per heavy atom. The fourth-order valence-corrected chi connectivity index (χ4v) is 4.14. The van der Waals surface area contributed by atoms with Gasteiger partial charge in [-0.3, -0.25) is 3.97 Å². The van der Waals surface area contributed by atoms with Gasteiger partial charge in [0.15, 0.2) is 11.0 Å². The topological polar surface area (TPSA) is 47.8 Å². The van der Waals surface area contributed by atoms with E-state index < -0.39 is 11.0 Å². The molecule has 1 atom stereocenters. The maximum Gasteiger partial charge on any atom is 0.222 e. The first-order valence-corrected chi connectivity index (χ1v) is 11.3. The molecule has 0 aliphatic heterocycles. The van der Waals surface area contributed by atoms with Crippen LogP contribution in [0.4, 0.5) is 0 Å². The van der Waals surface area contributed by atoms with Gasteiger partial charge in [-0.15, -0.1) is 0 Å². The fourth-order valence-electron chi connectivity index (χ4n) is 2.66. The highest BCUT2D eigenvalue weighted by Crippen LogP contribution is 2.34. The highest BCUT2D eigenvalue weighted by Gasteiger charge is 2.18. The second-order valence-corrected chi connectivity index (χ2v) is 7.39. The average Bonchev–Trinajstić information content (AvgIpc) is 3.18. The Bertz CT molecular complexity index is 1100. The molecule has 0 radical (unpaired) electrons. The molecule has 0 bridgehead atoms. The van der Waals surface area contributed by atoms with Gasteiger partial charge < -0.3 is 0 Å². The predicted molar refractivity (Wildman–Crippen MR) is 124 cm³/mol. The molecule has 1 unspecified atom stereocenters. The van der Waals surface area contributed by atoms with Crippen LogP contribution in [0, 0.1) is 0 Å². The van der Waals surface area contributed by atoms with Crippen molar-refractivity contribution < 1.29 is 4.21 Å². The molecule has 0 N–H and O–H groups in total. The summed E-state index contributed by atoms with van der Waals surface area (Å²) in [5.41, 5.74) is 2.10. The predicted octanol–water partition coefficient (Wildman–Crippen LogP) is 7.03. The van der Waals surface area contributed by atoms with Crippen LogP contribution in [-0.4, -0.2) is 18.1 Å². The SMILES string of the molecule is CC.CC.O=S(c1ccccc1)n1cc(-c2nc(Cl)ncc2Cl)c2ccccc21. The number of para-hydroxylation sites is 1. The van der Waals surface area contributed by atoms with E-state index >= 15 is 0 Å². The van der Waals surface area contributed by atoms with E-state index in [-0.39, 0.29) is 5.28 Å². The van der Waals surface area contributed by atoms with Gasteiger partial charge in [-0.25, -0.2) is 14.2 Å². The van der Waals surface area contributed by atoms with E-state index in [4.69, 9.17) is 23.2 Å². The Kier molecular flexibility index (Phi) is 8.83. The van der Waals surface area contributed by atoms with E-state index in [2.05, 4.69) is 9.97 Å². The Morgan fingerprint density at radius 3 is 2.21 bits per heavy atom. The van der Waals surface area contributed by atoms with Gasteiger partial charge >= 0.3 is 0 Å². The number of hydrogen-bond donors (Lipinski definition) is 0. The lowest BCUT2D eigenvalue weighted by Gasteiger charge is -2.04. The van der Waals surface area contributed by atoms with E-state index in [1.54, 1.807) is 10.2 Å². The lowest BCUT2D eigenvalue weighted by atomic mass is 10.1. The quantitative estimate of drug-likeness (QED) is 0.316. The molecule has 7 heteroatoms. The number of benzene rings is 2. The Balaban J connectivity index is 0.000000707. The zero-order valence-electron chi connectivity index (χ0n) is 16.8. The number of hydrogen-bond acceptors (Lipinski definition) is 3. The van der Waals surface area contributed by atoms with Crippen LogP contribution in [0.25, 0.3) is 22.2 Å². The zero-order valence-corrected chi connectivity index (χ0v) is 19.1. The first-order valence-electron chi connectivity index (χ1n) is 9.41. The van der Waals surface area contributed by atoms with Gasteiger partial charge in [0.2, 0.25) is 5.28 Å². The molecule has 4 rings (SSSR count). The van der Waals surface area contributed by atoms with Crippen LogP contribution in [0.5, 0.6) is 0 Å². The smallest absolute Gasteiger partial charge is 0.222 e. The average molecular weight is 448 g/mol. The van der Waals surface area contributed by atoms with E-state index in [0.717, 1.165) is 16.5 Å². The van der Waals surface area contributed by atoms with Crippen molar-refractivity contribution in [1.82, 2.24) is 13.9 Å². The molecule has 0 saturated heterocycles. The summed E-state index contributed by atoms with van der Waals surface area (Å²) in [5, 5.41) is 1.39. The first kappa shape index (κ1) is 23.1. The molecule has 4 nitrogen and oxygen atoms in total. The number of nitrogens with zero attached hydrogens (tertiary/aromatic N) is 3. The second-order valence-electron chi connectivity index (χ2n) is 5.28. The molecule has 0 fully saturated rings. The summed E-state index contributed by atoms with van der Waals surface area (Å²) in [6.07, 6.45) is 3.25. The van der Waals surface area contributed by atoms with Crippen molar-refractivity contribution in [2.45, 2.75) is 32.6 Å². The molecular weight excluding hydrogens is 425 g/mol. The number of aromatic nitrogens is 3. The third-order valence-electron chi connectivity index (χ3n) is 3.77. The van der Waals surface area contributed by atoms with Gasteiger partial charge in [0, 0.05) is 17.1 Å². The van der Waals surface area contributed by atoms with Crippen molar-refractivity contribution in [3.05, 3.63) is 77.3 Å². The molecule has 0 aliphatic rings. The molecule has 2 aromatic heterocycles. The molecule has 0 saturated carbocycles. The van der Waals surface area contributed by atoms with Crippen LogP contribution in [0.2, 0.25) is 10.3 Å². The van der Waals surface area contributed by atoms with Gasteiger partial charge in [0.25, 0.3) is 0 Å². The summed E-state index contributed by atoms with van der Waals surface area (Å²) >= 11 is 12.2. The van der Waals surface area contributed by atoms with Crippen LogP contribution in [-0.2, 0) is 11.0 Å². The molecule has 0 spiro atoms. The van der Waals surface area contributed by atoms with E-state index in [0.29, 0.717) is 15.6 Å². The monoisotopic (exact) mass is 447 g/mol. The lowest BCUT2D eigenvalue weighted by Crippen LogP contribution is -2.03. The molecule has 152 valence electrons. The molecule has 0 aliphatic carbocycles. The molecule has 4 aromatic rings. The largest absolute Gasteiger partial charge is 0.262 e. The fraction of sp³-hybridized carbons (Fsp3) is 0.182. The third-order valence-corrected chi connectivity index (χ3v) is 5.56.